The molecule has 2 fully saturated rings. The van der Waals surface area contributed by atoms with Crippen molar-refractivity contribution in [1.29, 1.82) is 0 Å². The molecule has 1 aromatic carbocycles. The van der Waals surface area contributed by atoms with E-state index >= 15 is 0 Å². The van der Waals surface area contributed by atoms with Crippen molar-refractivity contribution in [3.05, 3.63) is 41.5 Å². The molecule has 2 amide bonds. The number of anilines is 1. The molecule has 0 radical (unpaired) electrons. The van der Waals surface area contributed by atoms with Gasteiger partial charge in [0, 0.05) is 17.6 Å². The van der Waals surface area contributed by atoms with Crippen LogP contribution in [0.4, 0.5) is 10.5 Å². The largest absolute Gasteiger partial charge is 0.454 e. The molecule has 2 N–H and O–H groups in total. The zero-order valence-corrected chi connectivity index (χ0v) is 13.5. The van der Waals surface area contributed by atoms with E-state index in [2.05, 4.69) is 20.8 Å². The molecule has 8 heteroatoms. The predicted molar refractivity (Wildman–Crippen MR) is 87.0 cm³/mol. The highest BCUT2D eigenvalue weighted by atomic mass is 16.5. The van der Waals surface area contributed by atoms with Crippen LogP contribution in [-0.4, -0.2) is 28.2 Å². The standard InChI is InChI=1S/C17H18N4O4/c22-16(24-9-14-20-15(25-21-14)10-4-5-10)11-2-1-3-13(8-11)19-17(23)18-12-6-7-12/h1-3,8,10,12H,4-7,9H2,(H2,18,19,23). The number of nitrogens with zero attached hydrogens (tertiary/aromatic N) is 2. The molecule has 2 saturated carbocycles. The van der Waals surface area contributed by atoms with Crippen LogP contribution in [0.2, 0.25) is 0 Å². The number of hydrogen-bond donors (Lipinski definition) is 2. The highest BCUT2D eigenvalue weighted by Gasteiger charge is 2.29. The van der Waals surface area contributed by atoms with E-state index in [1.165, 1.54) is 0 Å². The van der Waals surface area contributed by atoms with Gasteiger partial charge in [-0.05, 0) is 43.9 Å². The molecule has 0 spiro atoms. The van der Waals surface area contributed by atoms with Crippen molar-refractivity contribution in [1.82, 2.24) is 15.5 Å². The van der Waals surface area contributed by atoms with Gasteiger partial charge in [-0.2, -0.15) is 4.98 Å². The Balaban J connectivity index is 1.32. The van der Waals surface area contributed by atoms with Gasteiger partial charge in [-0.15, -0.1) is 0 Å². The Labute approximate surface area is 143 Å². The van der Waals surface area contributed by atoms with Crippen LogP contribution in [-0.2, 0) is 11.3 Å². The molecule has 0 saturated heterocycles. The monoisotopic (exact) mass is 342 g/mol. The molecule has 0 unspecified atom stereocenters. The van der Waals surface area contributed by atoms with Gasteiger partial charge < -0.3 is 19.9 Å². The van der Waals surface area contributed by atoms with Crippen LogP contribution in [0.5, 0.6) is 0 Å². The maximum Gasteiger partial charge on any atom is 0.338 e. The molecule has 130 valence electrons. The average molecular weight is 342 g/mol. The second-order valence-corrected chi connectivity index (χ2v) is 6.35. The van der Waals surface area contributed by atoms with Crippen LogP contribution in [0, 0.1) is 0 Å². The summed E-state index contributed by atoms with van der Waals surface area (Å²) < 4.78 is 10.3. The van der Waals surface area contributed by atoms with Crippen LogP contribution in [0.25, 0.3) is 0 Å². The first-order valence-electron chi connectivity index (χ1n) is 8.34. The summed E-state index contributed by atoms with van der Waals surface area (Å²) in [6.07, 6.45) is 4.15. The molecule has 25 heavy (non-hydrogen) atoms. The second kappa shape index (κ2) is 6.54. The first-order valence-corrected chi connectivity index (χ1v) is 8.34. The number of rotatable bonds is 6. The van der Waals surface area contributed by atoms with E-state index in [0.717, 1.165) is 25.7 Å². The van der Waals surface area contributed by atoms with Crippen molar-refractivity contribution < 1.29 is 18.8 Å². The van der Waals surface area contributed by atoms with Crippen molar-refractivity contribution in [2.45, 2.75) is 44.2 Å². The van der Waals surface area contributed by atoms with Gasteiger partial charge in [0.05, 0.1) is 5.56 Å². The molecule has 8 nitrogen and oxygen atoms in total. The third-order valence-electron chi connectivity index (χ3n) is 4.01. The summed E-state index contributed by atoms with van der Waals surface area (Å²) in [4.78, 5) is 28.1. The fourth-order valence-electron chi connectivity index (χ4n) is 2.34. The molecular weight excluding hydrogens is 324 g/mol. The Morgan fingerprint density at radius 2 is 2.08 bits per heavy atom. The number of hydrogen-bond acceptors (Lipinski definition) is 6. The molecule has 0 bridgehead atoms. The summed E-state index contributed by atoms with van der Waals surface area (Å²) in [6, 6.07) is 6.59. The predicted octanol–water partition coefficient (Wildman–Crippen LogP) is 2.59. The molecule has 1 aromatic heterocycles. The highest BCUT2D eigenvalue weighted by Crippen LogP contribution is 2.38. The third kappa shape index (κ3) is 4.14. The summed E-state index contributed by atoms with van der Waals surface area (Å²) >= 11 is 0. The average Bonchev–Trinajstić information content (AvgIpc) is 3.54. The molecule has 2 aromatic rings. The lowest BCUT2D eigenvalue weighted by Gasteiger charge is -2.08. The smallest absolute Gasteiger partial charge is 0.338 e. The second-order valence-electron chi connectivity index (χ2n) is 6.35. The van der Waals surface area contributed by atoms with E-state index in [1.54, 1.807) is 24.3 Å². The Kier molecular flexibility index (Phi) is 4.09. The van der Waals surface area contributed by atoms with Crippen LogP contribution in [0.1, 0.15) is 53.7 Å². The van der Waals surface area contributed by atoms with Crippen molar-refractivity contribution in [2.24, 2.45) is 0 Å². The van der Waals surface area contributed by atoms with Crippen LogP contribution in [0.3, 0.4) is 0 Å². The SMILES string of the molecule is O=C(Nc1cccc(C(=O)OCc2noc(C3CC3)n2)c1)NC1CC1. The van der Waals surface area contributed by atoms with E-state index in [4.69, 9.17) is 9.26 Å². The number of ether oxygens (including phenoxy) is 1. The van der Waals surface area contributed by atoms with Crippen molar-refractivity contribution in [3.8, 4) is 0 Å². The number of benzene rings is 1. The van der Waals surface area contributed by atoms with E-state index in [1.807, 2.05) is 0 Å². The molecule has 0 aliphatic heterocycles. The molecule has 1 heterocycles. The zero-order chi connectivity index (χ0) is 17.2. The lowest BCUT2D eigenvalue weighted by Crippen LogP contribution is -2.30. The van der Waals surface area contributed by atoms with E-state index < -0.39 is 5.97 Å². The summed E-state index contributed by atoms with van der Waals surface area (Å²) in [5.41, 5.74) is 0.873. The number of carbonyl (C=O) groups excluding carboxylic acids is 2. The summed E-state index contributed by atoms with van der Waals surface area (Å²) in [5.74, 6) is 0.817. The summed E-state index contributed by atoms with van der Waals surface area (Å²) in [5, 5.41) is 9.33. The Hall–Kier alpha value is -2.90. The van der Waals surface area contributed by atoms with Gasteiger partial charge in [0.25, 0.3) is 0 Å². The van der Waals surface area contributed by atoms with Gasteiger partial charge >= 0.3 is 12.0 Å². The molecule has 2 aliphatic rings. The topological polar surface area (TPSA) is 106 Å². The van der Waals surface area contributed by atoms with Crippen molar-refractivity contribution >= 4 is 17.7 Å². The van der Waals surface area contributed by atoms with Crippen molar-refractivity contribution in [3.63, 3.8) is 0 Å². The Morgan fingerprint density at radius 3 is 2.84 bits per heavy atom. The lowest BCUT2D eigenvalue weighted by molar-refractivity contribution is 0.0459. The normalized spacial score (nSPS) is 16.3. The van der Waals surface area contributed by atoms with E-state index in [9.17, 15) is 9.59 Å². The first kappa shape index (κ1) is 15.6. The van der Waals surface area contributed by atoms with Gasteiger partial charge in [-0.1, -0.05) is 11.2 Å². The number of carbonyl (C=O) groups is 2. The van der Waals surface area contributed by atoms with Crippen LogP contribution in [0.15, 0.2) is 28.8 Å². The van der Waals surface area contributed by atoms with Crippen molar-refractivity contribution in [2.75, 3.05) is 5.32 Å². The van der Waals surface area contributed by atoms with Gasteiger partial charge in [0.1, 0.15) is 0 Å². The fourth-order valence-corrected chi connectivity index (χ4v) is 2.34. The molecule has 2 aliphatic carbocycles. The summed E-state index contributed by atoms with van der Waals surface area (Å²) in [7, 11) is 0. The van der Waals surface area contributed by atoms with Gasteiger partial charge in [0.15, 0.2) is 6.61 Å². The van der Waals surface area contributed by atoms with Gasteiger partial charge in [-0.25, -0.2) is 9.59 Å². The quantitative estimate of drug-likeness (QED) is 0.782. The zero-order valence-electron chi connectivity index (χ0n) is 13.5. The van der Waals surface area contributed by atoms with Crippen LogP contribution >= 0.6 is 0 Å². The van der Waals surface area contributed by atoms with Crippen LogP contribution < -0.4 is 10.6 Å². The molecule has 0 atom stereocenters. The first-order chi connectivity index (χ1) is 12.2. The number of amides is 2. The maximum atomic E-state index is 12.2. The lowest BCUT2D eigenvalue weighted by atomic mass is 10.2. The number of urea groups is 1. The van der Waals surface area contributed by atoms with E-state index in [-0.39, 0.29) is 18.7 Å². The number of esters is 1. The summed E-state index contributed by atoms with van der Waals surface area (Å²) in [6.45, 7) is -0.0468. The third-order valence-corrected chi connectivity index (χ3v) is 4.01. The van der Waals surface area contributed by atoms with Gasteiger partial charge in [0.2, 0.25) is 11.7 Å². The minimum atomic E-state index is -0.510. The van der Waals surface area contributed by atoms with Gasteiger partial charge in [-0.3, -0.25) is 0 Å². The minimum Gasteiger partial charge on any atom is -0.454 e. The Bertz CT molecular complexity index is 795. The van der Waals surface area contributed by atoms with E-state index in [0.29, 0.717) is 28.9 Å². The molecule has 4 rings (SSSR count). The fraction of sp³-hybridized carbons (Fsp3) is 0.412. The molecular formula is C17H18N4O4. The maximum absolute atomic E-state index is 12.2. The Morgan fingerprint density at radius 1 is 1.24 bits per heavy atom. The number of aromatic nitrogens is 2. The highest BCUT2D eigenvalue weighted by molar-refractivity contribution is 5.94. The minimum absolute atomic E-state index is 0.0468. The number of nitrogens with one attached hydrogen (secondary N) is 2.